The predicted molar refractivity (Wildman–Crippen MR) is 115 cm³/mol. The molecule has 0 spiro atoms. The Hall–Kier alpha value is -2.13. The summed E-state index contributed by atoms with van der Waals surface area (Å²) in [7, 11) is 0. The van der Waals surface area contributed by atoms with Crippen LogP contribution >= 0.6 is 15.9 Å². The molecule has 2 aromatic rings. The number of halogens is 4. The molecule has 5 nitrogen and oxygen atoms in total. The molecule has 1 aromatic heterocycles. The number of nitrogens with one attached hydrogen (secondary N) is 2. The molecule has 0 unspecified atom stereocenters. The summed E-state index contributed by atoms with van der Waals surface area (Å²) in [5, 5.41) is 5.95. The average molecular weight is 498 g/mol. The van der Waals surface area contributed by atoms with Gasteiger partial charge in [0.1, 0.15) is 5.82 Å². The van der Waals surface area contributed by atoms with Gasteiger partial charge in [-0.15, -0.1) is 0 Å². The third-order valence-electron chi connectivity index (χ3n) is 5.63. The number of ether oxygens (including phenoxy) is 1. The molecule has 1 aromatic carbocycles. The molecule has 1 amide bonds. The lowest BCUT2D eigenvalue weighted by molar-refractivity contribution is -0.138. The van der Waals surface area contributed by atoms with Gasteiger partial charge in [-0.2, -0.15) is 13.2 Å². The number of aromatic nitrogens is 1. The number of carbonyl (C=O) groups excluding carboxylic acids is 1. The van der Waals surface area contributed by atoms with Gasteiger partial charge in [-0.1, -0.05) is 15.9 Å². The number of amides is 1. The van der Waals surface area contributed by atoms with Gasteiger partial charge in [0.25, 0.3) is 5.91 Å². The van der Waals surface area contributed by atoms with Crippen LogP contribution in [0.2, 0.25) is 0 Å². The first-order valence-corrected chi connectivity index (χ1v) is 11.1. The van der Waals surface area contributed by atoms with E-state index < -0.39 is 11.7 Å². The topological polar surface area (TPSA) is 63.2 Å². The van der Waals surface area contributed by atoms with E-state index in [0.717, 1.165) is 50.5 Å². The molecule has 4 rings (SSSR count). The zero-order chi connectivity index (χ0) is 22.0. The molecule has 166 valence electrons. The largest absolute Gasteiger partial charge is 0.417 e. The van der Waals surface area contributed by atoms with Crippen molar-refractivity contribution in [1.82, 2.24) is 10.3 Å². The highest BCUT2D eigenvalue weighted by atomic mass is 79.9. The Kier molecular flexibility index (Phi) is 6.52. The minimum absolute atomic E-state index is 0.0197. The van der Waals surface area contributed by atoms with Crippen LogP contribution in [0.15, 0.2) is 34.9 Å². The van der Waals surface area contributed by atoms with E-state index in [-0.39, 0.29) is 22.0 Å². The van der Waals surface area contributed by atoms with Crippen molar-refractivity contribution < 1.29 is 22.7 Å². The van der Waals surface area contributed by atoms with Crippen molar-refractivity contribution in [1.29, 1.82) is 0 Å². The fourth-order valence-corrected chi connectivity index (χ4v) is 4.18. The van der Waals surface area contributed by atoms with Crippen LogP contribution in [0, 0.1) is 5.92 Å². The second-order valence-corrected chi connectivity index (χ2v) is 8.87. The van der Waals surface area contributed by atoms with Gasteiger partial charge < -0.3 is 15.4 Å². The second-order valence-electron chi connectivity index (χ2n) is 8.01. The molecule has 31 heavy (non-hydrogen) atoms. The summed E-state index contributed by atoms with van der Waals surface area (Å²) in [6.45, 7) is 2.05. The molecule has 2 heterocycles. The van der Waals surface area contributed by atoms with Crippen LogP contribution in [0.4, 0.5) is 24.7 Å². The fraction of sp³-hybridized carbons (Fsp3) is 0.455. The molecule has 2 aliphatic rings. The predicted octanol–water partition coefficient (Wildman–Crippen LogP) is 5.64. The van der Waals surface area contributed by atoms with E-state index in [1.165, 1.54) is 12.3 Å². The minimum Gasteiger partial charge on any atom is -0.381 e. The highest BCUT2D eigenvalue weighted by Crippen LogP contribution is 2.43. The standard InChI is InChI=1S/C22H23BrF3N3O2/c23-19-4-3-15(9-18(19)22(24,25)26)29-20-10-16(14-1-2-14)17(12-27-20)21(30)28-11-13-5-7-31-8-6-13/h3-4,9-10,12-14H,1-2,5-8,11H2,(H,27,29)(H,28,30). The molecule has 1 saturated carbocycles. The van der Waals surface area contributed by atoms with Gasteiger partial charge in [-0.05, 0) is 67.3 Å². The molecule has 1 aliphatic heterocycles. The van der Waals surface area contributed by atoms with Gasteiger partial charge in [0.15, 0.2) is 0 Å². The molecule has 0 radical (unpaired) electrons. The number of hydrogen-bond donors (Lipinski definition) is 2. The van der Waals surface area contributed by atoms with Crippen LogP contribution in [0.5, 0.6) is 0 Å². The molecule has 9 heteroatoms. The summed E-state index contributed by atoms with van der Waals surface area (Å²) in [6.07, 6.45) is 0.892. The molecule has 0 atom stereocenters. The Morgan fingerprint density at radius 1 is 1.16 bits per heavy atom. The summed E-state index contributed by atoms with van der Waals surface area (Å²) < 4.78 is 44.8. The van der Waals surface area contributed by atoms with E-state index in [2.05, 4.69) is 31.5 Å². The van der Waals surface area contributed by atoms with Crippen LogP contribution < -0.4 is 10.6 Å². The first-order chi connectivity index (χ1) is 14.8. The van der Waals surface area contributed by atoms with Crippen molar-refractivity contribution in [3.05, 3.63) is 51.6 Å². The van der Waals surface area contributed by atoms with Gasteiger partial charge in [0.2, 0.25) is 0 Å². The van der Waals surface area contributed by atoms with E-state index in [1.807, 2.05) is 0 Å². The van der Waals surface area contributed by atoms with Crippen molar-refractivity contribution in [2.24, 2.45) is 5.92 Å². The SMILES string of the molecule is O=C(NCC1CCOCC1)c1cnc(Nc2ccc(Br)c(C(F)(F)F)c2)cc1C1CC1. The first-order valence-electron chi connectivity index (χ1n) is 10.3. The summed E-state index contributed by atoms with van der Waals surface area (Å²) >= 11 is 2.94. The maximum atomic E-state index is 13.2. The fourth-order valence-electron chi connectivity index (χ4n) is 3.71. The quantitative estimate of drug-likeness (QED) is 0.541. The summed E-state index contributed by atoms with van der Waals surface area (Å²) in [5.41, 5.74) is 0.938. The maximum absolute atomic E-state index is 13.2. The number of anilines is 2. The molecule has 1 saturated heterocycles. The van der Waals surface area contributed by atoms with Gasteiger partial charge in [0, 0.05) is 36.1 Å². The lowest BCUT2D eigenvalue weighted by Crippen LogP contribution is -2.32. The molecule has 2 N–H and O–H groups in total. The molecular weight excluding hydrogens is 475 g/mol. The van der Waals surface area contributed by atoms with Crippen LogP contribution in [-0.2, 0) is 10.9 Å². The Bertz CT molecular complexity index is 958. The zero-order valence-electron chi connectivity index (χ0n) is 16.8. The molecule has 2 fully saturated rings. The van der Waals surface area contributed by atoms with Gasteiger partial charge in [-0.25, -0.2) is 4.98 Å². The van der Waals surface area contributed by atoms with E-state index >= 15 is 0 Å². The van der Waals surface area contributed by atoms with Crippen LogP contribution in [0.25, 0.3) is 0 Å². The molecule has 0 bridgehead atoms. The van der Waals surface area contributed by atoms with Gasteiger partial charge in [-0.3, -0.25) is 4.79 Å². The van der Waals surface area contributed by atoms with Crippen molar-refractivity contribution in [3.63, 3.8) is 0 Å². The van der Waals surface area contributed by atoms with E-state index in [9.17, 15) is 18.0 Å². The summed E-state index contributed by atoms with van der Waals surface area (Å²) in [4.78, 5) is 17.1. The lowest BCUT2D eigenvalue weighted by Gasteiger charge is -2.22. The third-order valence-corrected chi connectivity index (χ3v) is 6.33. The number of hydrogen-bond acceptors (Lipinski definition) is 4. The number of pyridine rings is 1. The summed E-state index contributed by atoms with van der Waals surface area (Å²) in [5.74, 6) is 0.952. The van der Waals surface area contributed by atoms with Crippen molar-refractivity contribution in [2.45, 2.75) is 37.8 Å². The van der Waals surface area contributed by atoms with E-state index in [0.29, 0.717) is 23.8 Å². The van der Waals surface area contributed by atoms with Crippen molar-refractivity contribution in [3.8, 4) is 0 Å². The van der Waals surface area contributed by atoms with E-state index in [1.54, 1.807) is 12.1 Å². The maximum Gasteiger partial charge on any atom is 0.417 e. The van der Waals surface area contributed by atoms with Crippen LogP contribution in [-0.4, -0.2) is 30.6 Å². The zero-order valence-corrected chi connectivity index (χ0v) is 18.4. The first kappa shape index (κ1) is 22.1. The molecular formula is C22H23BrF3N3O2. The van der Waals surface area contributed by atoms with Gasteiger partial charge >= 0.3 is 6.18 Å². The smallest absolute Gasteiger partial charge is 0.381 e. The average Bonchev–Trinajstić information content (AvgIpc) is 3.59. The monoisotopic (exact) mass is 497 g/mol. The van der Waals surface area contributed by atoms with Crippen LogP contribution in [0.3, 0.4) is 0 Å². The van der Waals surface area contributed by atoms with Crippen molar-refractivity contribution in [2.75, 3.05) is 25.1 Å². The number of benzene rings is 1. The van der Waals surface area contributed by atoms with E-state index in [4.69, 9.17) is 4.74 Å². The van der Waals surface area contributed by atoms with Crippen molar-refractivity contribution >= 4 is 33.3 Å². The minimum atomic E-state index is -4.46. The number of carbonyl (C=O) groups is 1. The number of alkyl halides is 3. The van der Waals surface area contributed by atoms with Crippen LogP contribution in [0.1, 0.15) is 53.1 Å². The second kappa shape index (κ2) is 9.16. The highest BCUT2D eigenvalue weighted by molar-refractivity contribution is 9.10. The summed E-state index contributed by atoms with van der Waals surface area (Å²) in [6, 6.07) is 5.71. The Morgan fingerprint density at radius 2 is 1.90 bits per heavy atom. The lowest BCUT2D eigenvalue weighted by atomic mass is 10.00. The third kappa shape index (κ3) is 5.57. The normalized spacial score (nSPS) is 17.4. The number of nitrogens with zero attached hydrogens (tertiary/aromatic N) is 1. The Balaban J connectivity index is 1.49. The van der Waals surface area contributed by atoms with Gasteiger partial charge in [0.05, 0.1) is 11.1 Å². The highest BCUT2D eigenvalue weighted by Gasteiger charge is 2.33. The number of rotatable bonds is 6. The molecule has 1 aliphatic carbocycles. The Morgan fingerprint density at radius 3 is 2.58 bits per heavy atom. The Labute approximate surface area is 186 Å².